The van der Waals surface area contributed by atoms with E-state index in [9.17, 15) is 4.79 Å². The molecule has 1 saturated carbocycles. The van der Waals surface area contributed by atoms with Crippen molar-refractivity contribution >= 4 is 11.7 Å². The van der Waals surface area contributed by atoms with E-state index in [1.165, 1.54) is 6.42 Å². The summed E-state index contributed by atoms with van der Waals surface area (Å²) in [7, 11) is 0. The third-order valence-corrected chi connectivity index (χ3v) is 3.09. The van der Waals surface area contributed by atoms with Crippen molar-refractivity contribution in [3.8, 4) is 0 Å². The first kappa shape index (κ1) is 7.84. The molecule has 2 aliphatic rings. The molecule has 1 aliphatic carbocycles. The number of likely N-dealkylation sites (tertiary alicyclic amines) is 1. The van der Waals surface area contributed by atoms with Crippen molar-refractivity contribution in [2.45, 2.75) is 6.42 Å². The molecule has 1 amide bonds. The summed E-state index contributed by atoms with van der Waals surface area (Å²) in [6, 6.07) is 1.59. The minimum Gasteiger partial charge on any atom is -0.382 e. The Kier molecular flexibility index (Phi) is 1.40. The van der Waals surface area contributed by atoms with Gasteiger partial charge in [-0.15, -0.1) is 0 Å². The van der Waals surface area contributed by atoms with Crippen molar-refractivity contribution in [2.24, 2.45) is 11.8 Å². The molecule has 1 aromatic rings. The minimum absolute atomic E-state index is 0.0291. The molecule has 0 spiro atoms. The highest BCUT2D eigenvalue weighted by atomic mass is 16.2. The molecular weight excluding hydrogens is 180 g/mol. The maximum absolute atomic E-state index is 11.8. The number of nitrogen functional groups attached to an aromatic ring is 1. The predicted molar refractivity (Wildman–Crippen MR) is 50.5 cm³/mol. The molecule has 0 aromatic carbocycles. The van der Waals surface area contributed by atoms with Crippen LogP contribution < -0.4 is 5.73 Å². The molecule has 14 heavy (non-hydrogen) atoms. The molecule has 3 N–H and O–H groups in total. The Hall–Kier alpha value is -1.52. The number of aromatic nitrogens is 2. The number of carbonyl (C=O) groups is 1. The van der Waals surface area contributed by atoms with Crippen LogP contribution in [0, 0.1) is 11.8 Å². The van der Waals surface area contributed by atoms with Crippen LogP contribution in [-0.4, -0.2) is 34.1 Å². The Labute approximate surface area is 81.3 Å². The van der Waals surface area contributed by atoms with Crippen LogP contribution in [0.3, 0.4) is 0 Å². The van der Waals surface area contributed by atoms with Crippen LogP contribution in [0.1, 0.15) is 16.9 Å². The van der Waals surface area contributed by atoms with Crippen LogP contribution in [0.25, 0.3) is 0 Å². The minimum atomic E-state index is 0.0291. The Morgan fingerprint density at radius 3 is 2.86 bits per heavy atom. The van der Waals surface area contributed by atoms with Gasteiger partial charge in [0.2, 0.25) is 0 Å². The molecule has 2 fully saturated rings. The van der Waals surface area contributed by atoms with Gasteiger partial charge in [0.25, 0.3) is 5.91 Å². The first-order valence-electron chi connectivity index (χ1n) is 4.84. The van der Waals surface area contributed by atoms with E-state index in [0.29, 0.717) is 11.5 Å². The van der Waals surface area contributed by atoms with Crippen LogP contribution in [0.4, 0.5) is 5.82 Å². The summed E-state index contributed by atoms with van der Waals surface area (Å²) in [5.41, 5.74) is 5.94. The predicted octanol–water partition coefficient (Wildman–Crippen LogP) is 0.0838. The summed E-state index contributed by atoms with van der Waals surface area (Å²) in [6.07, 6.45) is 1.30. The molecule has 2 atom stereocenters. The number of carbonyl (C=O) groups excluding carboxylic acids is 1. The van der Waals surface area contributed by atoms with Gasteiger partial charge in [-0.2, -0.15) is 5.10 Å². The zero-order valence-electron chi connectivity index (χ0n) is 7.73. The number of amides is 1. The van der Waals surface area contributed by atoms with Crippen molar-refractivity contribution in [3.63, 3.8) is 0 Å². The molecule has 0 radical (unpaired) electrons. The average molecular weight is 192 g/mol. The van der Waals surface area contributed by atoms with Gasteiger partial charge in [-0.05, 0) is 18.3 Å². The monoisotopic (exact) mass is 192 g/mol. The quantitative estimate of drug-likeness (QED) is 0.661. The second kappa shape index (κ2) is 2.50. The lowest BCUT2D eigenvalue weighted by atomic mass is 10.3. The van der Waals surface area contributed by atoms with Gasteiger partial charge in [-0.1, -0.05) is 0 Å². The van der Waals surface area contributed by atoms with Gasteiger partial charge in [0, 0.05) is 19.2 Å². The fraction of sp³-hybridized carbons (Fsp3) is 0.556. The van der Waals surface area contributed by atoms with Crippen molar-refractivity contribution in [1.29, 1.82) is 0 Å². The van der Waals surface area contributed by atoms with Crippen LogP contribution in [-0.2, 0) is 0 Å². The maximum atomic E-state index is 11.8. The molecule has 3 rings (SSSR count). The average Bonchev–Trinajstić information content (AvgIpc) is 2.64. The summed E-state index contributed by atoms with van der Waals surface area (Å²) in [4.78, 5) is 13.7. The Bertz CT molecular complexity index is 376. The highest BCUT2D eigenvalue weighted by molar-refractivity contribution is 5.93. The van der Waals surface area contributed by atoms with Crippen molar-refractivity contribution in [1.82, 2.24) is 15.1 Å². The lowest BCUT2D eigenvalue weighted by Crippen LogP contribution is -2.30. The third-order valence-electron chi connectivity index (χ3n) is 3.09. The molecule has 5 heteroatoms. The fourth-order valence-electron chi connectivity index (χ4n) is 2.18. The number of aromatic amines is 1. The topological polar surface area (TPSA) is 75.0 Å². The first-order valence-corrected chi connectivity index (χ1v) is 4.84. The number of rotatable bonds is 1. The molecule has 1 aliphatic heterocycles. The van der Waals surface area contributed by atoms with Crippen LogP contribution in [0.15, 0.2) is 6.07 Å². The molecule has 2 heterocycles. The van der Waals surface area contributed by atoms with E-state index in [1.54, 1.807) is 6.07 Å². The second-order valence-corrected chi connectivity index (χ2v) is 4.17. The largest absolute Gasteiger partial charge is 0.382 e. The van der Waals surface area contributed by atoms with E-state index in [-0.39, 0.29) is 5.91 Å². The summed E-state index contributed by atoms with van der Waals surface area (Å²) >= 11 is 0. The molecular formula is C9H12N4O. The van der Waals surface area contributed by atoms with Gasteiger partial charge in [0.1, 0.15) is 11.5 Å². The van der Waals surface area contributed by atoms with Crippen LogP contribution in [0.2, 0.25) is 0 Å². The first-order chi connectivity index (χ1) is 6.74. The van der Waals surface area contributed by atoms with Crippen LogP contribution in [0.5, 0.6) is 0 Å². The number of anilines is 1. The lowest BCUT2D eigenvalue weighted by molar-refractivity contribution is 0.0769. The fourth-order valence-corrected chi connectivity index (χ4v) is 2.18. The molecule has 1 aromatic heterocycles. The highest BCUT2D eigenvalue weighted by Crippen LogP contribution is 2.45. The van der Waals surface area contributed by atoms with E-state index >= 15 is 0 Å². The number of H-pyrrole nitrogens is 1. The highest BCUT2D eigenvalue weighted by Gasteiger charge is 2.46. The van der Waals surface area contributed by atoms with Gasteiger partial charge < -0.3 is 10.6 Å². The standard InChI is InChI=1S/C9H12N4O/c10-8-2-7(11-12-8)9(14)13-3-5-1-6(5)4-13/h2,5-6H,1,3-4H2,(H3,10,11,12). The SMILES string of the molecule is Nc1cc(C(=O)N2CC3CC3C2)[nH]n1. The number of piperidine rings is 1. The smallest absolute Gasteiger partial charge is 0.271 e. The lowest BCUT2D eigenvalue weighted by Gasteiger charge is -2.16. The number of nitrogens with one attached hydrogen (secondary N) is 1. The Morgan fingerprint density at radius 2 is 2.29 bits per heavy atom. The van der Waals surface area contributed by atoms with Gasteiger partial charge in [0.15, 0.2) is 0 Å². The second-order valence-electron chi connectivity index (χ2n) is 4.17. The van der Waals surface area contributed by atoms with E-state index < -0.39 is 0 Å². The summed E-state index contributed by atoms with van der Waals surface area (Å²) in [5.74, 6) is 1.93. The number of fused-ring (bicyclic) bond motifs is 1. The van der Waals surface area contributed by atoms with Gasteiger partial charge in [-0.25, -0.2) is 0 Å². The molecule has 0 bridgehead atoms. The Morgan fingerprint density at radius 1 is 1.57 bits per heavy atom. The van der Waals surface area contributed by atoms with E-state index in [4.69, 9.17) is 5.73 Å². The number of hydrogen-bond donors (Lipinski definition) is 2. The number of nitrogens with zero attached hydrogens (tertiary/aromatic N) is 2. The Balaban J connectivity index is 1.76. The molecule has 1 saturated heterocycles. The molecule has 2 unspecified atom stereocenters. The number of nitrogens with two attached hydrogens (primary N) is 1. The zero-order chi connectivity index (χ0) is 9.71. The summed E-state index contributed by atoms with van der Waals surface area (Å²) in [6.45, 7) is 1.81. The van der Waals surface area contributed by atoms with Gasteiger partial charge in [0.05, 0.1) is 0 Å². The number of hydrogen-bond acceptors (Lipinski definition) is 3. The van der Waals surface area contributed by atoms with Crippen molar-refractivity contribution in [2.75, 3.05) is 18.8 Å². The van der Waals surface area contributed by atoms with E-state index in [0.717, 1.165) is 24.9 Å². The molecule has 5 nitrogen and oxygen atoms in total. The molecule has 74 valence electrons. The van der Waals surface area contributed by atoms with Crippen LogP contribution >= 0.6 is 0 Å². The zero-order valence-corrected chi connectivity index (χ0v) is 7.73. The van der Waals surface area contributed by atoms with E-state index in [1.807, 2.05) is 4.90 Å². The van der Waals surface area contributed by atoms with Crippen molar-refractivity contribution < 1.29 is 4.79 Å². The normalized spacial score (nSPS) is 29.0. The van der Waals surface area contributed by atoms with Gasteiger partial charge >= 0.3 is 0 Å². The summed E-state index contributed by atoms with van der Waals surface area (Å²) < 4.78 is 0. The summed E-state index contributed by atoms with van der Waals surface area (Å²) in [5, 5.41) is 6.39. The third kappa shape index (κ3) is 1.08. The van der Waals surface area contributed by atoms with Gasteiger partial charge in [-0.3, -0.25) is 9.89 Å². The van der Waals surface area contributed by atoms with E-state index in [2.05, 4.69) is 10.2 Å². The van der Waals surface area contributed by atoms with Crippen molar-refractivity contribution in [3.05, 3.63) is 11.8 Å². The maximum Gasteiger partial charge on any atom is 0.271 e.